The molecule has 0 saturated carbocycles. The lowest BCUT2D eigenvalue weighted by Crippen LogP contribution is -2.35. The molecule has 0 heterocycles. The molecular weight excluding hydrogens is 393 g/mol. The highest BCUT2D eigenvalue weighted by Crippen LogP contribution is 2.20. The quantitative estimate of drug-likeness (QED) is 0.515. The monoisotopic (exact) mass is 410 g/mol. The fraction of sp³-hybridized carbons (Fsp3) is 0.211. The number of nitrogens with one attached hydrogen (secondary N) is 2. The number of hydrogen-bond donors (Lipinski definition) is 2. The summed E-state index contributed by atoms with van der Waals surface area (Å²) in [5.74, 6) is -6.88. The van der Waals surface area contributed by atoms with E-state index >= 15 is 0 Å². The molecule has 0 unspecified atom stereocenters. The summed E-state index contributed by atoms with van der Waals surface area (Å²) in [6.07, 6.45) is 0. The first kappa shape index (κ1) is 21.7. The molecule has 154 valence electrons. The number of hydrogen-bond acceptors (Lipinski definition) is 5. The lowest BCUT2D eigenvalue weighted by molar-refractivity contribution is -0.126. The van der Waals surface area contributed by atoms with Gasteiger partial charge in [0.15, 0.2) is 24.1 Å². The summed E-state index contributed by atoms with van der Waals surface area (Å²) in [5.41, 5.74) is -0.448. The minimum Gasteiger partial charge on any atom is -0.493 e. The lowest BCUT2D eigenvalue weighted by atomic mass is 10.2. The molecule has 2 rings (SSSR count). The Kier molecular flexibility index (Phi) is 7.58. The van der Waals surface area contributed by atoms with Gasteiger partial charge in [0.1, 0.15) is 11.3 Å². The van der Waals surface area contributed by atoms with Crippen molar-refractivity contribution in [2.24, 2.45) is 0 Å². The average molecular weight is 410 g/mol. The Bertz CT molecular complexity index is 921. The van der Waals surface area contributed by atoms with Crippen molar-refractivity contribution in [1.29, 1.82) is 0 Å². The van der Waals surface area contributed by atoms with Crippen molar-refractivity contribution in [2.75, 3.05) is 25.1 Å². The molecule has 7 nitrogen and oxygen atoms in total. The maximum absolute atomic E-state index is 13.5. The number of rotatable bonds is 8. The number of esters is 1. The average Bonchev–Trinajstić information content (AvgIpc) is 2.71. The van der Waals surface area contributed by atoms with Crippen molar-refractivity contribution in [3.63, 3.8) is 0 Å². The largest absolute Gasteiger partial charge is 0.493 e. The molecule has 0 aromatic heterocycles. The normalized spacial score (nSPS) is 10.2. The van der Waals surface area contributed by atoms with Gasteiger partial charge in [0.2, 0.25) is 5.91 Å². The molecule has 2 aromatic rings. The van der Waals surface area contributed by atoms with Crippen molar-refractivity contribution >= 4 is 23.5 Å². The highest BCUT2D eigenvalue weighted by Gasteiger charge is 2.17. The van der Waals surface area contributed by atoms with E-state index in [-0.39, 0.29) is 5.56 Å². The van der Waals surface area contributed by atoms with Gasteiger partial charge >= 0.3 is 5.97 Å². The Morgan fingerprint density at radius 1 is 0.966 bits per heavy atom. The molecule has 2 amide bonds. The van der Waals surface area contributed by atoms with E-state index in [0.717, 1.165) is 6.07 Å². The molecule has 0 bridgehead atoms. The molecule has 29 heavy (non-hydrogen) atoms. The molecule has 0 aliphatic heterocycles. The second kappa shape index (κ2) is 10.1. The summed E-state index contributed by atoms with van der Waals surface area (Å²) in [5, 5.41) is 4.13. The van der Waals surface area contributed by atoms with E-state index in [1.807, 2.05) is 5.32 Å². The molecular formula is C19H17F3N2O5. The number of amides is 2. The summed E-state index contributed by atoms with van der Waals surface area (Å²) in [7, 11) is 0. The zero-order valence-electron chi connectivity index (χ0n) is 15.3. The summed E-state index contributed by atoms with van der Waals surface area (Å²) in [6.45, 7) is 0.793. The van der Waals surface area contributed by atoms with Crippen LogP contribution in [0.4, 0.5) is 18.9 Å². The zero-order chi connectivity index (χ0) is 21.4. The molecule has 2 aromatic carbocycles. The molecule has 0 aliphatic carbocycles. The topological polar surface area (TPSA) is 93.7 Å². The lowest BCUT2D eigenvalue weighted by Gasteiger charge is -2.10. The van der Waals surface area contributed by atoms with Crippen LogP contribution >= 0.6 is 0 Å². The van der Waals surface area contributed by atoms with E-state index in [4.69, 9.17) is 9.47 Å². The number of para-hydroxylation sites is 1. The first-order valence-electron chi connectivity index (χ1n) is 8.42. The molecule has 2 N–H and O–H groups in total. The van der Waals surface area contributed by atoms with Gasteiger partial charge in [-0.3, -0.25) is 9.59 Å². The van der Waals surface area contributed by atoms with Gasteiger partial charge < -0.3 is 20.1 Å². The molecule has 0 fully saturated rings. The van der Waals surface area contributed by atoms with E-state index < -0.39 is 54.1 Å². The highest BCUT2D eigenvalue weighted by atomic mass is 19.2. The van der Waals surface area contributed by atoms with Gasteiger partial charge in [-0.25, -0.2) is 18.0 Å². The Morgan fingerprint density at radius 2 is 1.69 bits per heavy atom. The van der Waals surface area contributed by atoms with E-state index in [1.165, 1.54) is 6.07 Å². The van der Waals surface area contributed by atoms with Gasteiger partial charge in [0.25, 0.3) is 5.91 Å². The van der Waals surface area contributed by atoms with Gasteiger partial charge in [-0.2, -0.15) is 0 Å². The van der Waals surface area contributed by atoms with Crippen molar-refractivity contribution in [3.05, 3.63) is 59.4 Å². The summed E-state index contributed by atoms with van der Waals surface area (Å²) < 4.78 is 49.6. The number of halogens is 3. The number of carbonyl (C=O) groups is 3. The molecule has 0 aliphatic rings. The Hall–Kier alpha value is -3.56. The molecule has 0 saturated heterocycles. The van der Waals surface area contributed by atoms with Crippen molar-refractivity contribution in [1.82, 2.24) is 5.32 Å². The Balaban J connectivity index is 1.82. The standard InChI is InChI=1S/C19H17F3N2O5/c1-2-28-14-6-4-3-5-11(14)19(27)29-10-16(26)23-9-15(25)24-13-8-7-12(20)17(21)18(13)22/h3-8H,2,9-10H2,1H3,(H,23,26)(H,24,25). The SMILES string of the molecule is CCOc1ccccc1C(=O)OCC(=O)NCC(=O)Nc1ccc(F)c(F)c1F. The second-order valence-electron chi connectivity index (χ2n) is 5.55. The van der Waals surface area contributed by atoms with Gasteiger partial charge in [0, 0.05) is 0 Å². The van der Waals surface area contributed by atoms with Crippen molar-refractivity contribution < 1.29 is 37.0 Å². The maximum atomic E-state index is 13.5. The van der Waals surface area contributed by atoms with Gasteiger partial charge in [-0.15, -0.1) is 0 Å². The van der Waals surface area contributed by atoms with E-state index in [1.54, 1.807) is 25.1 Å². The number of benzene rings is 2. The van der Waals surface area contributed by atoms with E-state index in [0.29, 0.717) is 18.4 Å². The van der Waals surface area contributed by atoms with Crippen molar-refractivity contribution in [2.45, 2.75) is 6.92 Å². The minimum absolute atomic E-state index is 0.133. The number of anilines is 1. The van der Waals surface area contributed by atoms with Crippen LogP contribution in [0.1, 0.15) is 17.3 Å². The predicted octanol–water partition coefficient (Wildman–Crippen LogP) is 2.41. The first-order valence-corrected chi connectivity index (χ1v) is 8.42. The molecule has 10 heteroatoms. The van der Waals surface area contributed by atoms with E-state index in [2.05, 4.69) is 5.32 Å². The Morgan fingerprint density at radius 3 is 2.41 bits per heavy atom. The fourth-order valence-corrected chi connectivity index (χ4v) is 2.17. The first-order chi connectivity index (χ1) is 13.8. The summed E-state index contributed by atoms with van der Waals surface area (Å²) >= 11 is 0. The van der Waals surface area contributed by atoms with Crippen LogP contribution in [0.25, 0.3) is 0 Å². The van der Waals surface area contributed by atoms with Crippen LogP contribution in [0.5, 0.6) is 5.75 Å². The van der Waals surface area contributed by atoms with Gasteiger partial charge in [0.05, 0.1) is 18.8 Å². The van der Waals surface area contributed by atoms with Crippen LogP contribution in [0.2, 0.25) is 0 Å². The van der Waals surface area contributed by atoms with E-state index in [9.17, 15) is 27.6 Å². The minimum atomic E-state index is -1.73. The molecule has 0 atom stereocenters. The van der Waals surface area contributed by atoms with Crippen LogP contribution in [-0.4, -0.2) is 37.5 Å². The number of carbonyl (C=O) groups excluding carboxylic acids is 3. The summed E-state index contributed by atoms with van der Waals surface area (Å²) in [6, 6.07) is 7.79. The highest BCUT2D eigenvalue weighted by molar-refractivity contribution is 5.96. The second-order valence-corrected chi connectivity index (χ2v) is 5.55. The van der Waals surface area contributed by atoms with Crippen LogP contribution in [0.15, 0.2) is 36.4 Å². The van der Waals surface area contributed by atoms with Crippen LogP contribution in [-0.2, 0) is 14.3 Å². The third-order valence-electron chi connectivity index (χ3n) is 3.50. The Labute approximate surface area is 163 Å². The number of ether oxygens (including phenoxy) is 2. The van der Waals surface area contributed by atoms with Gasteiger partial charge in [-0.1, -0.05) is 12.1 Å². The maximum Gasteiger partial charge on any atom is 0.342 e. The van der Waals surface area contributed by atoms with Crippen LogP contribution < -0.4 is 15.4 Å². The molecule has 0 spiro atoms. The summed E-state index contributed by atoms with van der Waals surface area (Å²) in [4.78, 5) is 35.5. The van der Waals surface area contributed by atoms with Crippen LogP contribution in [0.3, 0.4) is 0 Å². The predicted molar refractivity (Wildman–Crippen MR) is 95.8 cm³/mol. The third kappa shape index (κ3) is 5.96. The van der Waals surface area contributed by atoms with Crippen molar-refractivity contribution in [3.8, 4) is 5.75 Å². The zero-order valence-corrected chi connectivity index (χ0v) is 15.3. The molecule has 0 radical (unpaired) electrons. The van der Waals surface area contributed by atoms with Crippen LogP contribution in [0, 0.1) is 17.5 Å². The fourth-order valence-electron chi connectivity index (χ4n) is 2.17. The smallest absolute Gasteiger partial charge is 0.342 e. The third-order valence-corrected chi connectivity index (χ3v) is 3.50. The van der Waals surface area contributed by atoms with Gasteiger partial charge in [-0.05, 0) is 31.2 Å².